The van der Waals surface area contributed by atoms with Crippen LogP contribution in [0, 0.1) is 0 Å². The molecule has 124 valence electrons. The molecule has 0 radical (unpaired) electrons. The average Bonchev–Trinajstić information content (AvgIpc) is 2.45. The topological polar surface area (TPSA) is 92.9 Å². The van der Waals surface area contributed by atoms with E-state index in [2.05, 4.69) is 0 Å². The summed E-state index contributed by atoms with van der Waals surface area (Å²) in [6.45, 7) is 5.54. The van der Waals surface area contributed by atoms with Crippen LogP contribution in [0.15, 0.2) is 24.3 Å². The zero-order valence-corrected chi connectivity index (χ0v) is 13.5. The number of nitrogens with two attached hydrogens (primary N) is 1. The fraction of sp³-hybridized carbons (Fsp3) is 0.438. The Labute approximate surface area is 135 Å². The predicted molar refractivity (Wildman–Crippen MR) is 85.6 cm³/mol. The van der Waals surface area contributed by atoms with Crippen molar-refractivity contribution in [1.82, 2.24) is 4.90 Å². The van der Waals surface area contributed by atoms with Crippen LogP contribution in [-0.2, 0) is 19.1 Å². The van der Waals surface area contributed by atoms with E-state index in [9.17, 15) is 14.4 Å². The number of anilines is 2. The van der Waals surface area contributed by atoms with Gasteiger partial charge in [0.25, 0.3) is 0 Å². The van der Waals surface area contributed by atoms with Gasteiger partial charge in [0.2, 0.25) is 5.91 Å². The van der Waals surface area contributed by atoms with Crippen LogP contribution in [-0.4, -0.2) is 47.9 Å². The molecule has 0 saturated carbocycles. The molecule has 0 spiro atoms. The molecule has 1 aromatic carbocycles. The molecule has 7 heteroatoms. The number of amides is 3. The van der Waals surface area contributed by atoms with E-state index >= 15 is 0 Å². The van der Waals surface area contributed by atoms with Crippen molar-refractivity contribution in [3.63, 3.8) is 0 Å². The first kappa shape index (κ1) is 17.0. The maximum absolute atomic E-state index is 12.5. The van der Waals surface area contributed by atoms with E-state index in [0.717, 1.165) is 4.90 Å². The SMILES string of the molecule is CC(=O)N(C(=O)C(=O)N1CC(C)OC(C)C1)c1cccc(N)c1. The lowest BCUT2D eigenvalue weighted by molar-refractivity contribution is -0.152. The lowest BCUT2D eigenvalue weighted by atomic mass is 10.2. The summed E-state index contributed by atoms with van der Waals surface area (Å²) in [5.74, 6) is -2.14. The van der Waals surface area contributed by atoms with E-state index in [0.29, 0.717) is 18.8 Å². The molecule has 2 atom stereocenters. The Morgan fingerprint density at radius 2 is 1.83 bits per heavy atom. The van der Waals surface area contributed by atoms with Crippen LogP contribution in [0.25, 0.3) is 0 Å². The summed E-state index contributed by atoms with van der Waals surface area (Å²) in [5.41, 5.74) is 6.38. The maximum Gasteiger partial charge on any atom is 0.323 e. The molecule has 3 amide bonds. The number of morpholine rings is 1. The molecule has 7 nitrogen and oxygen atoms in total. The smallest absolute Gasteiger partial charge is 0.323 e. The van der Waals surface area contributed by atoms with Crippen LogP contribution in [0.2, 0.25) is 0 Å². The predicted octanol–water partition coefficient (Wildman–Crippen LogP) is 0.784. The van der Waals surface area contributed by atoms with Gasteiger partial charge in [-0.15, -0.1) is 0 Å². The Hall–Kier alpha value is -2.41. The molecule has 1 fully saturated rings. The minimum Gasteiger partial charge on any atom is -0.399 e. The van der Waals surface area contributed by atoms with Gasteiger partial charge < -0.3 is 15.4 Å². The first-order valence-corrected chi connectivity index (χ1v) is 7.44. The zero-order valence-electron chi connectivity index (χ0n) is 13.5. The normalized spacial score (nSPS) is 20.9. The molecular weight excluding hydrogens is 298 g/mol. The molecule has 1 aliphatic heterocycles. The molecule has 2 N–H and O–H groups in total. The fourth-order valence-electron chi connectivity index (χ4n) is 2.68. The van der Waals surface area contributed by atoms with E-state index < -0.39 is 17.7 Å². The third-order valence-corrected chi connectivity index (χ3v) is 3.54. The highest BCUT2D eigenvalue weighted by molar-refractivity contribution is 6.45. The van der Waals surface area contributed by atoms with Gasteiger partial charge in [-0.1, -0.05) is 6.07 Å². The van der Waals surface area contributed by atoms with Crippen LogP contribution in [0.4, 0.5) is 11.4 Å². The Balaban J connectivity index is 2.24. The number of nitrogen functional groups attached to an aromatic ring is 1. The molecule has 2 unspecified atom stereocenters. The summed E-state index contributed by atoms with van der Waals surface area (Å²) < 4.78 is 5.55. The van der Waals surface area contributed by atoms with Gasteiger partial charge >= 0.3 is 11.8 Å². The summed E-state index contributed by atoms with van der Waals surface area (Å²) in [5, 5.41) is 0. The van der Waals surface area contributed by atoms with Gasteiger partial charge in [0.05, 0.1) is 17.9 Å². The summed E-state index contributed by atoms with van der Waals surface area (Å²) >= 11 is 0. The molecule has 2 rings (SSSR count). The molecule has 0 bridgehead atoms. The number of benzene rings is 1. The van der Waals surface area contributed by atoms with Gasteiger partial charge in [-0.05, 0) is 32.0 Å². The third-order valence-electron chi connectivity index (χ3n) is 3.54. The molecule has 1 heterocycles. The highest BCUT2D eigenvalue weighted by Gasteiger charge is 2.34. The Bertz CT molecular complexity index is 622. The zero-order chi connectivity index (χ0) is 17.1. The van der Waals surface area contributed by atoms with Crippen LogP contribution >= 0.6 is 0 Å². The van der Waals surface area contributed by atoms with Gasteiger partial charge in [0, 0.05) is 25.7 Å². The summed E-state index contributed by atoms with van der Waals surface area (Å²) in [7, 11) is 0. The number of rotatable bonds is 1. The monoisotopic (exact) mass is 319 g/mol. The van der Waals surface area contributed by atoms with Crippen molar-refractivity contribution < 1.29 is 19.1 Å². The lowest BCUT2D eigenvalue weighted by Crippen LogP contribution is -2.54. The van der Waals surface area contributed by atoms with Gasteiger partial charge in [0.1, 0.15) is 0 Å². The second kappa shape index (κ2) is 6.78. The first-order chi connectivity index (χ1) is 10.8. The third kappa shape index (κ3) is 3.87. The second-order valence-corrected chi connectivity index (χ2v) is 5.72. The summed E-state index contributed by atoms with van der Waals surface area (Å²) in [6, 6.07) is 6.31. The van der Waals surface area contributed by atoms with Gasteiger partial charge in [0.15, 0.2) is 0 Å². The van der Waals surface area contributed by atoms with Crippen molar-refractivity contribution in [3.8, 4) is 0 Å². The van der Waals surface area contributed by atoms with Crippen molar-refractivity contribution in [1.29, 1.82) is 0 Å². The largest absolute Gasteiger partial charge is 0.399 e. The molecule has 1 aliphatic rings. The molecular formula is C16H21N3O4. The highest BCUT2D eigenvalue weighted by Crippen LogP contribution is 2.19. The van der Waals surface area contributed by atoms with E-state index in [-0.39, 0.29) is 17.9 Å². The number of nitrogens with zero attached hydrogens (tertiary/aromatic N) is 2. The molecule has 1 aromatic rings. The van der Waals surface area contributed by atoms with E-state index in [1.807, 2.05) is 13.8 Å². The quantitative estimate of drug-likeness (QED) is 0.610. The maximum atomic E-state index is 12.5. The second-order valence-electron chi connectivity index (χ2n) is 5.72. The average molecular weight is 319 g/mol. The fourth-order valence-corrected chi connectivity index (χ4v) is 2.68. The van der Waals surface area contributed by atoms with Gasteiger partial charge in [-0.3, -0.25) is 14.4 Å². The van der Waals surface area contributed by atoms with Crippen molar-refractivity contribution in [2.24, 2.45) is 0 Å². The van der Waals surface area contributed by atoms with Crippen LogP contribution < -0.4 is 10.6 Å². The number of hydrogen-bond donors (Lipinski definition) is 1. The molecule has 1 saturated heterocycles. The number of imide groups is 1. The van der Waals surface area contributed by atoms with Crippen molar-refractivity contribution in [2.75, 3.05) is 23.7 Å². The van der Waals surface area contributed by atoms with Gasteiger partial charge in [-0.2, -0.15) is 0 Å². The van der Waals surface area contributed by atoms with E-state index in [4.69, 9.17) is 10.5 Å². The van der Waals surface area contributed by atoms with Crippen LogP contribution in [0.5, 0.6) is 0 Å². The molecule has 23 heavy (non-hydrogen) atoms. The van der Waals surface area contributed by atoms with Crippen molar-refractivity contribution in [2.45, 2.75) is 33.0 Å². The number of ether oxygens (including phenoxy) is 1. The van der Waals surface area contributed by atoms with Crippen LogP contribution in [0.3, 0.4) is 0 Å². The Kier molecular flexibility index (Phi) is 5.00. The van der Waals surface area contributed by atoms with Gasteiger partial charge in [-0.25, -0.2) is 4.90 Å². The number of hydrogen-bond acceptors (Lipinski definition) is 5. The Morgan fingerprint density at radius 3 is 2.35 bits per heavy atom. The number of carbonyl (C=O) groups excluding carboxylic acids is 3. The van der Waals surface area contributed by atoms with Crippen molar-refractivity contribution >= 4 is 29.1 Å². The van der Waals surface area contributed by atoms with E-state index in [1.54, 1.807) is 18.2 Å². The summed E-state index contributed by atoms with van der Waals surface area (Å²) in [4.78, 5) is 39.2. The Morgan fingerprint density at radius 1 is 1.22 bits per heavy atom. The lowest BCUT2D eigenvalue weighted by Gasteiger charge is -2.35. The minimum absolute atomic E-state index is 0.159. The summed E-state index contributed by atoms with van der Waals surface area (Å²) in [6.07, 6.45) is -0.317. The first-order valence-electron chi connectivity index (χ1n) is 7.44. The number of carbonyl (C=O) groups is 3. The highest BCUT2D eigenvalue weighted by atomic mass is 16.5. The van der Waals surface area contributed by atoms with Crippen LogP contribution in [0.1, 0.15) is 20.8 Å². The minimum atomic E-state index is -0.885. The molecule has 0 aliphatic carbocycles. The van der Waals surface area contributed by atoms with E-state index in [1.165, 1.54) is 17.9 Å². The van der Waals surface area contributed by atoms with Crippen molar-refractivity contribution in [3.05, 3.63) is 24.3 Å². The molecule has 0 aromatic heterocycles. The standard InChI is InChI=1S/C16H21N3O4/c1-10-8-18(9-11(2)23-10)15(21)16(22)19(12(3)20)14-6-4-5-13(17)7-14/h4-7,10-11H,8-9,17H2,1-3H3.